The highest BCUT2D eigenvalue weighted by atomic mass is 32.1. The molecule has 2 aromatic carbocycles. The Bertz CT molecular complexity index is 1260. The van der Waals surface area contributed by atoms with Crippen molar-refractivity contribution in [2.75, 3.05) is 10.2 Å². The molecule has 1 aliphatic rings. The molecule has 7 nitrogen and oxygen atoms in total. The van der Waals surface area contributed by atoms with E-state index in [0.29, 0.717) is 17.3 Å². The largest absolute Gasteiger partial charge is 0.333 e. The number of imide groups is 1. The van der Waals surface area contributed by atoms with E-state index in [1.165, 1.54) is 4.90 Å². The molecule has 0 bridgehead atoms. The maximum atomic E-state index is 13.6. The van der Waals surface area contributed by atoms with Gasteiger partial charge in [-0.05, 0) is 69.7 Å². The number of hydrogen-bond donors (Lipinski definition) is 1. The Morgan fingerprint density at radius 1 is 1.09 bits per heavy atom. The maximum Gasteiger partial charge on any atom is 0.257 e. The molecule has 1 fully saturated rings. The van der Waals surface area contributed by atoms with E-state index < -0.39 is 6.04 Å². The molecule has 0 radical (unpaired) electrons. The number of hydrogen-bond acceptors (Lipinski definition) is 4. The van der Waals surface area contributed by atoms with Crippen LogP contribution in [-0.4, -0.2) is 37.6 Å². The number of rotatable bonds is 5. The van der Waals surface area contributed by atoms with Crippen molar-refractivity contribution >= 4 is 40.5 Å². The monoisotopic (exact) mass is 475 g/mol. The Morgan fingerprint density at radius 3 is 2.41 bits per heavy atom. The fourth-order valence-corrected chi connectivity index (χ4v) is 4.58. The van der Waals surface area contributed by atoms with Gasteiger partial charge in [0.2, 0.25) is 5.91 Å². The SMILES string of the molecule is Cc1ccc(NC(=S)N(Cc2c(C)nn(C)c2C)[C@@H]2CC(=O)N(c3cccc(C)c3)C2=O)cc1. The van der Waals surface area contributed by atoms with Crippen LogP contribution in [0.3, 0.4) is 0 Å². The minimum atomic E-state index is -0.711. The van der Waals surface area contributed by atoms with Gasteiger partial charge < -0.3 is 10.2 Å². The normalized spacial score (nSPS) is 15.7. The van der Waals surface area contributed by atoms with Crippen LogP contribution < -0.4 is 10.2 Å². The fraction of sp³-hybridized carbons (Fsp3) is 0.308. The summed E-state index contributed by atoms with van der Waals surface area (Å²) in [5, 5.41) is 8.17. The zero-order valence-electron chi connectivity index (χ0n) is 20.1. The van der Waals surface area contributed by atoms with E-state index in [1.54, 1.807) is 6.07 Å². The summed E-state index contributed by atoms with van der Waals surface area (Å²) < 4.78 is 1.82. The molecular weight excluding hydrogens is 446 g/mol. The molecule has 1 aromatic heterocycles. The number of nitrogens with one attached hydrogen (secondary N) is 1. The number of thiocarbonyl (C=S) groups is 1. The molecule has 1 N–H and O–H groups in total. The van der Waals surface area contributed by atoms with Gasteiger partial charge in [0, 0.05) is 30.5 Å². The number of anilines is 2. The first-order valence-corrected chi connectivity index (χ1v) is 11.6. The van der Waals surface area contributed by atoms with E-state index in [9.17, 15) is 9.59 Å². The van der Waals surface area contributed by atoms with E-state index in [1.807, 2.05) is 86.8 Å². The van der Waals surface area contributed by atoms with Crippen molar-refractivity contribution in [3.8, 4) is 0 Å². The Morgan fingerprint density at radius 2 is 1.79 bits per heavy atom. The van der Waals surface area contributed by atoms with Gasteiger partial charge in [-0.2, -0.15) is 5.10 Å². The first-order chi connectivity index (χ1) is 16.2. The average Bonchev–Trinajstić information content (AvgIpc) is 3.21. The second kappa shape index (κ2) is 9.38. The van der Waals surface area contributed by atoms with E-state index in [-0.39, 0.29) is 18.2 Å². The number of carbonyl (C=O) groups excluding carboxylic acids is 2. The predicted molar refractivity (Wildman–Crippen MR) is 138 cm³/mol. The lowest BCUT2D eigenvalue weighted by Gasteiger charge is -2.30. The number of aromatic nitrogens is 2. The fourth-order valence-electron chi connectivity index (χ4n) is 4.27. The summed E-state index contributed by atoms with van der Waals surface area (Å²) in [6.45, 7) is 8.26. The number of benzene rings is 2. The number of amides is 2. The molecule has 4 rings (SSSR count). The van der Waals surface area contributed by atoms with Gasteiger partial charge in [0.1, 0.15) is 6.04 Å². The Labute approximate surface area is 205 Å². The quantitative estimate of drug-likeness (QED) is 0.441. The highest BCUT2D eigenvalue weighted by Gasteiger charge is 2.44. The van der Waals surface area contributed by atoms with Crippen molar-refractivity contribution < 1.29 is 9.59 Å². The van der Waals surface area contributed by atoms with Crippen LogP contribution in [0.25, 0.3) is 0 Å². The van der Waals surface area contributed by atoms with Gasteiger partial charge in [-0.3, -0.25) is 14.3 Å². The zero-order valence-corrected chi connectivity index (χ0v) is 20.9. The second-order valence-electron chi connectivity index (χ2n) is 8.82. The summed E-state index contributed by atoms with van der Waals surface area (Å²) in [5.74, 6) is -0.508. The van der Waals surface area contributed by atoms with Crippen LogP contribution >= 0.6 is 12.2 Å². The van der Waals surface area contributed by atoms with Crippen molar-refractivity contribution in [2.45, 2.75) is 46.7 Å². The highest BCUT2D eigenvalue weighted by Crippen LogP contribution is 2.29. The van der Waals surface area contributed by atoms with E-state index in [2.05, 4.69) is 10.4 Å². The Balaban J connectivity index is 1.68. The molecule has 0 saturated carbocycles. The van der Waals surface area contributed by atoms with E-state index in [0.717, 1.165) is 33.8 Å². The first-order valence-electron chi connectivity index (χ1n) is 11.2. The number of aryl methyl sites for hydroxylation is 4. The van der Waals surface area contributed by atoms with Crippen molar-refractivity contribution in [3.05, 3.63) is 76.6 Å². The van der Waals surface area contributed by atoms with Crippen molar-refractivity contribution in [3.63, 3.8) is 0 Å². The maximum absolute atomic E-state index is 13.6. The van der Waals surface area contributed by atoms with Crippen LogP contribution in [0.4, 0.5) is 11.4 Å². The van der Waals surface area contributed by atoms with Crippen molar-refractivity contribution in [1.82, 2.24) is 14.7 Å². The summed E-state index contributed by atoms with van der Waals surface area (Å²) in [5.41, 5.74) is 6.39. The van der Waals surface area contributed by atoms with E-state index >= 15 is 0 Å². The van der Waals surface area contributed by atoms with Crippen LogP contribution in [0.1, 0.15) is 34.5 Å². The lowest BCUT2D eigenvalue weighted by Crippen LogP contribution is -2.46. The summed E-state index contributed by atoms with van der Waals surface area (Å²) in [7, 11) is 1.89. The summed E-state index contributed by atoms with van der Waals surface area (Å²) in [4.78, 5) is 29.7. The Hall–Kier alpha value is -3.52. The molecule has 1 aliphatic heterocycles. The predicted octanol–water partition coefficient (Wildman–Crippen LogP) is 4.18. The van der Waals surface area contributed by atoms with Gasteiger partial charge in [0.05, 0.1) is 17.8 Å². The molecule has 0 spiro atoms. The molecule has 1 saturated heterocycles. The van der Waals surface area contributed by atoms with Crippen LogP contribution in [0, 0.1) is 27.7 Å². The molecule has 2 heterocycles. The first kappa shape index (κ1) is 23.6. The zero-order chi connectivity index (χ0) is 24.6. The number of carbonyl (C=O) groups is 2. The standard InChI is InChI=1S/C26H29N5O2S/c1-16-9-11-20(12-10-16)27-26(34)30(15-22-18(3)28-29(5)19(22)4)23-14-24(32)31(25(23)33)21-8-6-7-17(2)13-21/h6-13,23H,14-15H2,1-5H3,(H,27,34)/t23-/m1/s1. The molecule has 34 heavy (non-hydrogen) atoms. The third-order valence-corrected chi connectivity index (χ3v) is 6.65. The molecule has 176 valence electrons. The molecule has 1 atom stereocenters. The lowest BCUT2D eigenvalue weighted by atomic mass is 10.1. The summed E-state index contributed by atoms with van der Waals surface area (Å²) >= 11 is 5.79. The third kappa shape index (κ3) is 4.59. The molecule has 0 aliphatic carbocycles. The summed E-state index contributed by atoms with van der Waals surface area (Å²) in [6, 6.07) is 14.6. The van der Waals surface area contributed by atoms with Gasteiger partial charge in [0.25, 0.3) is 5.91 Å². The smallest absolute Gasteiger partial charge is 0.257 e. The summed E-state index contributed by atoms with van der Waals surface area (Å²) in [6.07, 6.45) is 0.0564. The number of nitrogens with zero attached hydrogens (tertiary/aromatic N) is 4. The van der Waals surface area contributed by atoms with Crippen molar-refractivity contribution in [2.24, 2.45) is 7.05 Å². The van der Waals surface area contributed by atoms with Gasteiger partial charge in [-0.15, -0.1) is 0 Å². The minimum absolute atomic E-state index is 0.0564. The van der Waals surface area contributed by atoms with Gasteiger partial charge >= 0.3 is 0 Å². The van der Waals surface area contributed by atoms with Crippen LogP contribution in [0.15, 0.2) is 48.5 Å². The molecule has 2 amide bonds. The highest BCUT2D eigenvalue weighted by molar-refractivity contribution is 7.80. The van der Waals surface area contributed by atoms with Crippen LogP contribution in [0.2, 0.25) is 0 Å². The minimum Gasteiger partial charge on any atom is -0.333 e. The average molecular weight is 476 g/mol. The molecule has 0 unspecified atom stereocenters. The van der Waals surface area contributed by atoms with Gasteiger partial charge in [0.15, 0.2) is 5.11 Å². The third-order valence-electron chi connectivity index (χ3n) is 6.31. The van der Waals surface area contributed by atoms with Gasteiger partial charge in [-0.25, -0.2) is 4.90 Å². The second-order valence-corrected chi connectivity index (χ2v) is 9.21. The molecular formula is C26H29N5O2S. The lowest BCUT2D eigenvalue weighted by molar-refractivity contribution is -0.122. The molecule has 3 aromatic rings. The van der Waals surface area contributed by atoms with E-state index in [4.69, 9.17) is 12.2 Å². The van der Waals surface area contributed by atoms with Crippen LogP contribution in [-0.2, 0) is 23.2 Å². The topological polar surface area (TPSA) is 70.5 Å². The molecule has 8 heteroatoms. The Kier molecular flexibility index (Phi) is 6.52. The van der Waals surface area contributed by atoms with Gasteiger partial charge in [-0.1, -0.05) is 29.8 Å². The van der Waals surface area contributed by atoms with Crippen LogP contribution in [0.5, 0.6) is 0 Å². The van der Waals surface area contributed by atoms with Crippen molar-refractivity contribution in [1.29, 1.82) is 0 Å².